The summed E-state index contributed by atoms with van der Waals surface area (Å²) in [5, 5.41) is 0. The van der Waals surface area contributed by atoms with Crippen molar-refractivity contribution in [3.8, 4) is 0 Å². The monoisotopic (exact) mass is 240 g/mol. The molecule has 4 nitrogen and oxygen atoms in total. The van der Waals surface area contributed by atoms with E-state index in [0.717, 1.165) is 11.1 Å². The minimum absolute atomic E-state index is 0.235. The molecular formula is C11H16N2O2S. The van der Waals surface area contributed by atoms with E-state index in [0.29, 0.717) is 0 Å². The molecule has 0 aliphatic heterocycles. The number of benzene rings is 1. The third-order valence-electron chi connectivity index (χ3n) is 2.28. The number of sulfone groups is 1. The maximum absolute atomic E-state index is 11.4. The number of hydrazine groups is 1. The fraction of sp³-hybridized carbons (Fsp3) is 0.273. The molecule has 88 valence electrons. The molecule has 16 heavy (non-hydrogen) atoms. The molecule has 1 atom stereocenters. The van der Waals surface area contributed by atoms with Crippen LogP contribution < -0.4 is 11.3 Å². The highest BCUT2D eigenvalue weighted by atomic mass is 32.2. The lowest BCUT2D eigenvalue weighted by Gasteiger charge is -2.16. The molecule has 5 heteroatoms. The van der Waals surface area contributed by atoms with Crippen LogP contribution in [0.1, 0.15) is 18.5 Å². The minimum atomic E-state index is -3.19. The van der Waals surface area contributed by atoms with Gasteiger partial charge in [-0.15, -0.1) is 0 Å². The molecule has 0 saturated carbocycles. The number of nitrogens with two attached hydrogens (primary N) is 1. The van der Waals surface area contributed by atoms with Crippen molar-refractivity contribution in [1.82, 2.24) is 5.43 Å². The number of hydrogen-bond acceptors (Lipinski definition) is 4. The summed E-state index contributed by atoms with van der Waals surface area (Å²) < 4.78 is 22.8. The smallest absolute Gasteiger partial charge is 0.175 e. The van der Waals surface area contributed by atoms with Gasteiger partial charge < -0.3 is 0 Å². The minimum Gasteiger partial charge on any atom is -0.271 e. The lowest BCUT2D eigenvalue weighted by atomic mass is 10.0. The van der Waals surface area contributed by atoms with Crippen molar-refractivity contribution in [3.63, 3.8) is 0 Å². The molecule has 0 aromatic heterocycles. The van der Waals surface area contributed by atoms with Crippen molar-refractivity contribution in [3.05, 3.63) is 42.0 Å². The average Bonchev–Trinajstić information content (AvgIpc) is 2.17. The van der Waals surface area contributed by atoms with Crippen molar-refractivity contribution < 1.29 is 8.42 Å². The van der Waals surface area contributed by atoms with E-state index < -0.39 is 9.84 Å². The lowest BCUT2D eigenvalue weighted by molar-refractivity contribution is 0.600. The number of hydrogen-bond donors (Lipinski definition) is 2. The quantitative estimate of drug-likeness (QED) is 0.471. The van der Waals surface area contributed by atoms with Gasteiger partial charge in [0.15, 0.2) is 9.84 Å². The topological polar surface area (TPSA) is 72.2 Å². The standard InChI is InChI=1S/C11H16N2O2S/c1-8(2)11(13-12)9-5-4-6-10(7-9)16(3,14)15/h4-7,11,13H,1,12H2,2-3H3. The largest absolute Gasteiger partial charge is 0.271 e. The van der Waals surface area contributed by atoms with Gasteiger partial charge in [-0.1, -0.05) is 24.3 Å². The average molecular weight is 240 g/mol. The molecule has 0 fully saturated rings. The molecule has 0 amide bonds. The van der Waals surface area contributed by atoms with Crippen molar-refractivity contribution in [2.75, 3.05) is 6.26 Å². The first-order valence-corrected chi connectivity index (χ1v) is 6.67. The second-order valence-corrected chi connectivity index (χ2v) is 5.81. The second-order valence-electron chi connectivity index (χ2n) is 3.79. The van der Waals surface area contributed by atoms with E-state index in [4.69, 9.17) is 5.84 Å². The van der Waals surface area contributed by atoms with E-state index in [1.54, 1.807) is 18.2 Å². The molecule has 3 N–H and O–H groups in total. The van der Waals surface area contributed by atoms with Crippen molar-refractivity contribution in [2.45, 2.75) is 17.9 Å². The number of nitrogens with one attached hydrogen (secondary N) is 1. The molecule has 0 radical (unpaired) electrons. The van der Waals surface area contributed by atoms with E-state index in [-0.39, 0.29) is 10.9 Å². The third-order valence-corrected chi connectivity index (χ3v) is 3.39. The molecular weight excluding hydrogens is 224 g/mol. The molecule has 1 aromatic rings. The van der Waals surface area contributed by atoms with Gasteiger partial charge in [0, 0.05) is 6.26 Å². The van der Waals surface area contributed by atoms with Crippen LogP contribution in [-0.2, 0) is 9.84 Å². The predicted molar refractivity (Wildman–Crippen MR) is 64.4 cm³/mol. The van der Waals surface area contributed by atoms with Gasteiger partial charge in [-0.2, -0.15) is 0 Å². The van der Waals surface area contributed by atoms with Gasteiger partial charge in [0.2, 0.25) is 0 Å². The zero-order valence-electron chi connectivity index (χ0n) is 9.40. The van der Waals surface area contributed by atoms with Crippen LogP contribution in [0, 0.1) is 0 Å². The zero-order chi connectivity index (χ0) is 12.3. The first-order valence-electron chi connectivity index (χ1n) is 4.78. The normalized spacial score (nSPS) is 13.4. The molecule has 0 saturated heterocycles. The first kappa shape index (κ1) is 12.9. The summed E-state index contributed by atoms with van der Waals surface area (Å²) in [6.07, 6.45) is 1.18. The summed E-state index contributed by atoms with van der Waals surface area (Å²) in [4.78, 5) is 0.284. The van der Waals surface area contributed by atoms with Crippen molar-refractivity contribution in [1.29, 1.82) is 0 Å². The van der Waals surface area contributed by atoms with E-state index >= 15 is 0 Å². The first-order chi connectivity index (χ1) is 7.36. The van der Waals surface area contributed by atoms with Crippen LogP contribution in [-0.4, -0.2) is 14.7 Å². The molecule has 0 bridgehead atoms. The van der Waals surface area contributed by atoms with Gasteiger partial charge >= 0.3 is 0 Å². The molecule has 0 heterocycles. The van der Waals surface area contributed by atoms with Crippen LogP contribution >= 0.6 is 0 Å². The van der Waals surface area contributed by atoms with Gasteiger partial charge in [-0.25, -0.2) is 13.8 Å². The Bertz CT molecular complexity index is 494. The Morgan fingerprint density at radius 3 is 2.56 bits per heavy atom. The SMILES string of the molecule is C=C(C)C(NN)c1cccc(S(C)(=O)=O)c1. The van der Waals surface area contributed by atoms with Gasteiger partial charge in [0.1, 0.15) is 0 Å². The highest BCUT2D eigenvalue weighted by Gasteiger charge is 2.13. The summed E-state index contributed by atoms with van der Waals surface area (Å²) in [5.41, 5.74) is 4.22. The van der Waals surface area contributed by atoms with Crippen LogP contribution in [0.15, 0.2) is 41.3 Å². The predicted octanol–water partition coefficient (Wildman–Crippen LogP) is 1.17. The Labute approximate surface area is 96.1 Å². The maximum Gasteiger partial charge on any atom is 0.175 e. The van der Waals surface area contributed by atoms with Crippen LogP contribution in [0.3, 0.4) is 0 Å². The fourth-order valence-electron chi connectivity index (χ4n) is 1.45. The third kappa shape index (κ3) is 2.91. The highest BCUT2D eigenvalue weighted by molar-refractivity contribution is 7.90. The van der Waals surface area contributed by atoms with Gasteiger partial charge in [0.25, 0.3) is 0 Å². The van der Waals surface area contributed by atoms with Crippen molar-refractivity contribution in [2.24, 2.45) is 5.84 Å². The van der Waals surface area contributed by atoms with Gasteiger partial charge in [0.05, 0.1) is 10.9 Å². The van der Waals surface area contributed by atoms with Gasteiger partial charge in [-0.05, 0) is 24.6 Å². The van der Waals surface area contributed by atoms with E-state index in [1.165, 1.54) is 6.26 Å². The summed E-state index contributed by atoms with van der Waals surface area (Å²) >= 11 is 0. The molecule has 0 aliphatic carbocycles. The Morgan fingerprint density at radius 1 is 1.50 bits per heavy atom. The summed E-state index contributed by atoms with van der Waals surface area (Å²) in [6.45, 7) is 5.63. The molecule has 0 spiro atoms. The van der Waals surface area contributed by atoms with E-state index in [9.17, 15) is 8.42 Å². The van der Waals surface area contributed by atoms with Crippen LogP contribution in [0.5, 0.6) is 0 Å². The van der Waals surface area contributed by atoms with E-state index in [2.05, 4.69) is 12.0 Å². The van der Waals surface area contributed by atoms with Gasteiger partial charge in [-0.3, -0.25) is 5.84 Å². The number of rotatable bonds is 4. The Kier molecular flexibility index (Phi) is 3.85. The highest BCUT2D eigenvalue weighted by Crippen LogP contribution is 2.21. The molecule has 1 rings (SSSR count). The van der Waals surface area contributed by atoms with Crippen LogP contribution in [0.2, 0.25) is 0 Å². The Morgan fingerprint density at radius 2 is 2.12 bits per heavy atom. The van der Waals surface area contributed by atoms with Crippen LogP contribution in [0.25, 0.3) is 0 Å². The Hall–Kier alpha value is -1.17. The lowest BCUT2D eigenvalue weighted by Crippen LogP contribution is -2.28. The molecule has 0 aliphatic rings. The summed E-state index contributed by atoms with van der Waals surface area (Å²) in [5.74, 6) is 5.40. The molecule has 1 aromatic carbocycles. The fourth-order valence-corrected chi connectivity index (χ4v) is 2.12. The summed E-state index contributed by atoms with van der Waals surface area (Å²) in [6, 6.07) is 6.44. The molecule has 1 unspecified atom stereocenters. The Balaban J connectivity index is 3.22. The van der Waals surface area contributed by atoms with Crippen molar-refractivity contribution >= 4 is 9.84 Å². The maximum atomic E-state index is 11.4. The zero-order valence-corrected chi connectivity index (χ0v) is 10.2. The van der Waals surface area contributed by atoms with E-state index in [1.807, 2.05) is 13.0 Å². The summed E-state index contributed by atoms with van der Waals surface area (Å²) in [7, 11) is -3.19. The second kappa shape index (κ2) is 4.78. The van der Waals surface area contributed by atoms with Crippen LogP contribution in [0.4, 0.5) is 0 Å².